The summed E-state index contributed by atoms with van der Waals surface area (Å²) in [6.07, 6.45) is 3.76. The fraction of sp³-hybridized carbons (Fsp3) is 0.909. The molecule has 0 heterocycles. The van der Waals surface area contributed by atoms with Gasteiger partial charge in [0.1, 0.15) is 6.10 Å². The first-order valence-corrected chi connectivity index (χ1v) is 5.57. The second kappa shape index (κ2) is 7.80. The highest BCUT2D eigenvalue weighted by atomic mass is 16.3. The largest absolute Gasteiger partial charge is 0.384 e. The average Bonchev–Trinajstić information content (AvgIpc) is 2.17. The molecular weight excluding hydrogens is 178 g/mol. The maximum Gasteiger partial charge on any atom is 0.248 e. The van der Waals surface area contributed by atoms with E-state index in [1.165, 1.54) is 19.8 Å². The van der Waals surface area contributed by atoms with Crippen molar-refractivity contribution in [2.45, 2.75) is 52.6 Å². The summed E-state index contributed by atoms with van der Waals surface area (Å²) >= 11 is 0. The molecule has 0 saturated heterocycles. The van der Waals surface area contributed by atoms with E-state index in [2.05, 4.69) is 19.2 Å². The van der Waals surface area contributed by atoms with Crippen LogP contribution in [0.2, 0.25) is 0 Å². The van der Waals surface area contributed by atoms with Gasteiger partial charge in [-0.25, -0.2) is 0 Å². The summed E-state index contributed by atoms with van der Waals surface area (Å²) in [5.74, 6) is 0.289. The summed E-state index contributed by atoms with van der Waals surface area (Å²) in [6.45, 7) is 6.48. The molecule has 0 aromatic carbocycles. The zero-order chi connectivity index (χ0) is 11.0. The highest BCUT2D eigenvalue weighted by Gasteiger charge is 2.11. The van der Waals surface area contributed by atoms with E-state index in [0.717, 1.165) is 12.8 Å². The first kappa shape index (κ1) is 13.4. The molecule has 0 aromatic heterocycles. The Bertz CT molecular complexity index is 157. The first-order valence-electron chi connectivity index (χ1n) is 5.57. The summed E-state index contributed by atoms with van der Waals surface area (Å²) in [7, 11) is 0. The normalized spacial score (nSPS) is 14.9. The molecule has 14 heavy (non-hydrogen) atoms. The number of rotatable bonds is 7. The SMILES string of the molecule is CCCCC(CC)CNC(=O)C(C)O. The Labute approximate surface area is 86.9 Å². The molecule has 0 radical (unpaired) electrons. The van der Waals surface area contributed by atoms with Gasteiger partial charge in [-0.3, -0.25) is 4.79 Å². The molecule has 0 bridgehead atoms. The maximum atomic E-state index is 11.1. The molecule has 1 amide bonds. The average molecular weight is 201 g/mol. The molecule has 0 aliphatic carbocycles. The van der Waals surface area contributed by atoms with Crippen molar-refractivity contribution in [2.24, 2.45) is 5.92 Å². The topological polar surface area (TPSA) is 49.3 Å². The highest BCUT2D eigenvalue weighted by Crippen LogP contribution is 2.11. The lowest BCUT2D eigenvalue weighted by Crippen LogP contribution is -2.35. The smallest absolute Gasteiger partial charge is 0.248 e. The Morgan fingerprint density at radius 2 is 2.07 bits per heavy atom. The third kappa shape index (κ3) is 5.97. The molecule has 84 valence electrons. The number of carbonyl (C=O) groups is 1. The van der Waals surface area contributed by atoms with Crippen molar-refractivity contribution in [3.8, 4) is 0 Å². The fourth-order valence-corrected chi connectivity index (χ4v) is 1.34. The van der Waals surface area contributed by atoms with Crippen LogP contribution in [0.25, 0.3) is 0 Å². The van der Waals surface area contributed by atoms with Gasteiger partial charge in [0.2, 0.25) is 5.91 Å². The van der Waals surface area contributed by atoms with Crippen LogP contribution in [0.15, 0.2) is 0 Å². The van der Waals surface area contributed by atoms with Gasteiger partial charge in [0.25, 0.3) is 0 Å². The number of carbonyl (C=O) groups excluding carboxylic acids is 1. The van der Waals surface area contributed by atoms with Crippen LogP contribution < -0.4 is 5.32 Å². The van der Waals surface area contributed by atoms with Crippen LogP contribution in [0.1, 0.15) is 46.5 Å². The van der Waals surface area contributed by atoms with Gasteiger partial charge in [0.05, 0.1) is 0 Å². The third-order valence-corrected chi connectivity index (χ3v) is 2.49. The van der Waals surface area contributed by atoms with E-state index in [-0.39, 0.29) is 5.91 Å². The monoisotopic (exact) mass is 201 g/mol. The van der Waals surface area contributed by atoms with Gasteiger partial charge in [0, 0.05) is 6.54 Å². The van der Waals surface area contributed by atoms with Gasteiger partial charge in [-0.15, -0.1) is 0 Å². The van der Waals surface area contributed by atoms with E-state index in [9.17, 15) is 4.79 Å². The number of amides is 1. The lowest BCUT2D eigenvalue weighted by molar-refractivity contribution is -0.128. The molecule has 0 aliphatic rings. The summed E-state index contributed by atoms with van der Waals surface area (Å²) in [5, 5.41) is 11.7. The molecule has 2 atom stereocenters. The molecule has 3 heteroatoms. The van der Waals surface area contributed by atoms with Gasteiger partial charge in [-0.1, -0.05) is 33.1 Å². The Balaban J connectivity index is 3.66. The van der Waals surface area contributed by atoms with E-state index < -0.39 is 6.10 Å². The molecule has 2 unspecified atom stereocenters. The molecule has 2 N–H and O–H groups in total. The van der Waals surface area contributed by atoms with E-state index in [0.29, 0.717) is 12.5 Å². The Morgan fingerprint density at radius 1 is 1.43 bits per heavy atom. The fourth-order valence-electron chi connectivity index (χ4n) is 1.34. The molecule has 0 spiro atoms. The molecule has 0 rings (SSSR count). The quantitative estimate of drug-likeness (QED) is 0.658. The van der Waals surface area contributed by atoms with Crippen LogP contribution in [-0.2, 0) is 4.79 Å². The molecule has 0 aromatic rings. The number of hydrogen-bond donors (Lipinski definition) is 2. The van der Waals surface area contributed by atoms with Crippen molar-refractivity contribution < 1.29 is 9.90 Å². The second-order valence-electron chi connectivity index (χ2n) is 3.84. The number of hydrogen-bond acceptors (Lipinski definition) is 2. The summed E-state index contributed by atoms with van der Waals surface area (Å²) in [6, 6.07) is 0. The van der Waals surface area contributed by atoms with Gasteiger partial charge in [0.15, 0.2) is 0 Å². The Hall–Kier alpha value is -0.570. The number of unbranched alkanes of at least 4 members (excludes halogenated alkanes) is 1. The Morgan fingerprint density at radius 3 is 2.50 bits per heavy atom. The molecule has 3 nitrogen and oxygen atoms in total. The Kier molecular flexibility index (Phi) is 7.48. The minimum Gasteiger partial charge on any atom is -0.384 e. The maximum absolute atomic E-state index is 11.1. The van der Waals surface area contributed by atoms with E-state index >= 15 is 0 Å². The number of nitrogens with one attached hydrogen (secondary N) is 1. The van der Waals surface area contributed by atoms with Crippen molar-refractivity contribution in [1.82, 2.24) is 5.32 Å². The van der Waals surface area contributed by atoms with Crippen LogP contribution in [0.3, 0.4) is 0 Å². The summed E-state index contributed by atoms with van der Waals surface area (Å²) in [5.41, 5.74) is 0. The third-order valence-electron chi connectivity index (χ3n) is 2.49. The van der Waals surface area contributed by atoms with Crippen molar-refractivity contribution in [2.75, 3.05) is 6.54 Å². The van der Waals surface area contributed by atoms with Gasteiger partial charge < -0.3 is 10.4 Å². The van der Waals surface area contributed by atoms with Crippen LogP contribution >= 0.6 is 0 Å². The highest BCUT2D eigenvalue weighted by molar-refractivity contribution is 5.79. The van der Waals surface area contributed by atoms with E-state index in [1.54, 1.807) is 0 Å². The lowest BCUT2D eigenvalue weighted by Gasteiger charge is -2.15. The van der Waals surface area contributed by atoms with Gasteiger partial charge in [-0.2, -0.15) is 0 Å². The molecular formula is C11H23NO2. The van der Waals surface area contributed by atoms with Crippen molar-refractivity contribution in [3.05, 3.63) is 0 Å². The summed E-state index contributed by atoms with van der Waals surface area (Å²) in [4.78, 5) is 11.1. The minimum atomic E-state index is -0.890. The predicted octanol–water partition coefficient (Wildman–Crippen LogP) is 1.70. The van der Waals surface area contributed by atoms with Crippen LogP contribution in [0, 0.1) is 5.92 Å². The number of aliphatic hydroxyl groups is 1. The lowest BCUT2D eigenvalue weighted by atomic mass is 9.99. The second-order valence-corrected chi connectivity index (χ2v) is 3.84. The predicted molar refractivity (Wildman–Crippen MR) is 58.0 cm³/mol. The van der Waals surface area contributed by atoms with E-state index in [4.69, 9.17) is 5.11 Å². The summed E-state index contributed by atoms with van der Waals surface area (Å²) < 4.78 is 0. The van der Waals surface area contributed by atoms with Crippen molar-refractivity contribution >= 4 is 5.91 Å². The van der Waals surface area contributed by atoms with Gasteiger partial charge >= 0.3 is 0 Å². The van der Waals surface area contributed by atoms with Crippen molar-refractivity contribution in [3.63, 3.8) is 0 Å². The van der Waals surface area contributed by atoms with Crippen LogP contribution in [-0.4, -0.2) is 23.7 Å². The zero-order valence-electron chi connectivity index (χ0n) is 9.55. The molecule has 0 saturated carbocycles. The minimum absolute atomic E-state index is 0.264. The van der Waals surface area contributed by atoms with E-state index in [1.807, 2.05) is 0 Å². The van der Waals surface area contributed by atoms with Crippen LogP contribution in [0.5, 0.6) is 0 Å². The number of aliphatic hydroxyl groups excluding tert-OH is 1. The van der Waals surface area contributed by atoms with Crippen molar-refractivity contribution in [1.29, 1.82) is 0 Å². The zero-order valence-corrected chi connectivity index (χ0v) is 9.55. The standard InChI is InChI=1S/C11H23NO2/c1-4-6-7-10(5-2)8-12-11(14)9(3)13/h9-10,13H,4-8H2,1-3H3,(H,12,14). The van der Waals surface area contributed by atoms with Gasteiger partial charge in [-0.05, 0) is 19.3 Å². The van der Waals surface area contributed by atoms with Crippen LogP contribution in [0.4, 0.5) is 0 Å². The first-order chi connectivity index (χ1) is 6.61. The molecule has 0 aliphatic heterocycles. The molecule has 0 fully saturated rings.